The highest BCUT2D eigenvalue weighted by atomic mass is 32.1. The number of esters is 1. The van der Waals surface area contributed by atoms with Crippen LogP contribution in [0.3, 0.4) is 0 Å². The number of ether oxygens (including phenoxy) is 1. The van der Waals surface area contributed by atoms with Crippen LogP contribution in [0.2, 0.25) is 0 Å². The van der Waals surface area contributed by atoms with E-state index in [0.29, 0.717) is 24.8 Å². The summed E-state index contributed by atoms with van der Waals surface area (Å²) in [6.45, 7) is 4.11. The van der Waals surface area contributed by atoms with Crippen LogP contribution in [0.5, 0.6) is 0 Å². The zero-order chi connectivity index (χ0) is 18.4. The van der Waals surface area contributed by atoms with Crippen molar-refractivity contribution in [2.24, 2.45) is 5.92 Å². The summed E-state index contributed by atoms with van der Waals surface area (Å²) < 4.78 is 5.11. The Kier molecular flexibility index (Phi) is 6.35. The molecule has 3 rings (SSSR count). The molecule has 138 valence electrons. The SMILES string of the molecule is CCOC(=O)[C@@H]1CCC[NH+](CC(=O)Nc2nc(-c3ccccc3)cs2)C1. The summed E-state index contributed by atoms with van der Waals surface area (Å²) >= 11 is 1.42. The van der Waals surface area contributed by atoms with Crippen LogP contribution in [-0.4, -0.2) is 43.1 Å². The van der Waals surface area contributed by atoms with Crippen LogP contribution in [0.1, 0.15) is 19.8 Å². The van der Waals surface area contributed by atoms with Crippen LogP contribution in [0.25, 0.3) is 11.3 Å². The summed E-state index contributed by atoms with van der Waals surface area (Å²) in [5.74, 6) is -0.313. The predicted molar refractivity (Wildman–Crippen MR) is 101 cm³/mol. The van der Waals surface area contributed by atoms with E-state index in [1.807, 2.05) is 42.6 Å². The summed E-state index contributed by atoms with van der Waals surface area (Å²) in [4.78, 5) is 29.9. The smallest absolute Gasteiger partial charge is 0.314 e. The van der Waals surface area contributed by atoms with Gasteiger partial charge in [0.25, 0.3) is 5.91 Å². The fraction of sp³-hybridized carbons (Fsp3) is 0.421. The van der Waals surface area contributed by atoms with E-state index in [1.165, 1.54) is 11.3 Å². The van der Waals surface area contributed by atoms with Gasteiger partial charge in [-0.15, -0.1) is 11.3 Å². The first kappa shape index (κ1) is 18.5. The summed E-state index contributed by atoms with van der Waals surface area (Å²) in [6.07, 6.45) is 1.78. The molecule has 0 saturated carbocycles. The molecule has 1 amide bonds. The van der Waals surface area contributed by atoms with Gasteiger partial charge in [-0.1, -0.05) is 30.3 Å². The molecule has 6 nitrogen and oxygen atoms in total. The van der Waals surface area contributed by atoms with E-state index in [4.69, 9.17) is 4.74 Å². The quantitative estimate of drug-likeness (QED) is 0.754. The second kappa shape index (κ2) is 8.91. The summed E-state index contributed by atoms with van der Waals surface area (Å²) in [7, 11) is 0. The predicted octanol–water partition coefficient (Wildman–Crippen LogP) is 1.61. The first-order valence-electron chi connectivity index (χ1n) is 8.96. The van der Waals surface area contributed by atoms with Gasteiger partial charge in [0.2, 0.25) is 0 Å². The molecule has 1 aromatic heterocycles. The van der Waals surface area contributed by atoms with Crippen molar-refractivity contribution in [3.8, 4) is 11.3 Å². The van der Waals surface area contributed by atoms with Crippen LogP contribution in [0.4, 0.5) is 5.13 Å². The second-order valence-electron chi connectivity index (χ2n) is 6.42. The molecular weight excluding hydrogens is 350 g/mol. The fourth-order valence-corrected chi connectivity index (χ4v) is 3.97. The van der Waals surface area contributed by atoms with Crippen molar-refractivity contribution in [3.05, 3.63) is 35.7 Å². The number of nitrogens with zero attached hydrogens (tertiary/aromatic N) is 1. The first-order chi connectivity index (χ1) is 12.7. The number of nitrogens with one attached hydrogen (secondary N) is 2. The van der Waals surface area contributed by atoms with Crippen molar-refractivity contribution in [2.75, 3.05) is 31.6 Å². The Hall–Kier alpha value is -2.25. The van der Waals surface area contributed by atoms with Crippen molar-refractivity contribution < 1.29 is 19.2 Å². The second-order valence-corrected chi connectivity index (χ2v) is 7.28. The van der Waals surface area contributed by atoms with Gasteiger partial charge in [-0.3, -0.25) is 14.9 Å². The number of anilines is 1. The zero-order valence-electron chi connectivity index (χ0n) is 14.9. The number of thiazole rings is 1. The highest BCUT2D eigenvalue weighted by molar-refractivity contribution is 7.14. The van der Waals surface area contributed by atoms with Gasteiger partial charge in [-0.25, -0.2) is 4.98 Å². The number of likely N-dealkylation sites (tertiary alicyclic amines) is 1. The molecular formula is C19H24N3O3S+. The molecule has 1 aliphatic rings. The minimum absolute atomic E-state index is 0.0709. The molecule has 2 N–H and O–H groups in total. The van der Waals surface area contributed by atoms with Gasteiger partial charge in [0, 0.05) is 10.9 Å². The highest BCUT2D eigenvalue weighted by Gasteiger charge is 2.30. The van der Waals surface area contributed by atoms with Gasteiger partial charge in [0.05, 0.1) is 25.4 Å². The number of aromatic nitrogens is 1. The van der Waals surface area contributed by atoms with Gasteiger partial charge in [0.1, 0.15) is 5.92 Å². The van der Waals surface area contributed by atoms with Gasteiger partial charge in [-0.05, 0) is 19.8 Å². The molecule has 1 unspecified atom stereocenters. The van der Waals surface area contributed by atoms with Gasteiger partial charge < -0.3 is 9.64 Å². The Labute approximate surface area is 157 Å². The highest BCUT2D eigenvalue weighted by Crippen LogP contribution is 2.24. The Morgan fingerprint density at radius 2 is 2.15 bits per heavy atom. The van der Waals surface area contributed by atoms with E-state index in [-0.39, 0.29) is 17.8 Å². The lowest BCUT2D eigenvalue weighted by molar-refractivity contribution is -0.899. The third kappa shape index (κ3) is 4.89. The van der Waals surface area contributed by atoms with Crippen molar-refractivity contribution >= 4 is 28.3 Å². The minimum atomic E-state index is -0.141. The molecule has 7 heteroatoms. The number of carbonyl (C=O) groups excluding carboxylic acids is 2. The number of hydrogen-bond acceptors (Lipinski definition) is 5. The molecule has 1 aliphatic heterocycles. The monoisotopic (exact) mass is 374 g/mol. The Balaban J connectivity index is 1.53. The molecule has 1 aromatic carbocycles. The average Bonchev–Trinajstić information content (AvgIpc) is 3.11. The summed E-state index contributed by atoms with van der Waals surface area (Å²) in [6, 6.07) is 9.88. The Morgan fingerprint density at radius 3 is 2.92 bits per heavy atom. The minimum Gasteiger partial charge on any atom is -0.466 e. The summed E-state index contributed by atoms with van der Waals surface area (Å²) in [5.41, 5.74) is 1.89. The number of hydrogen-bond donors (Lipinski definition) is 2. The third-order valence-electron chi connectivity index (χ3n) is 4.47. The van der Waals surface area contributed by atoms with E-state index in [2.05, 4.69) is 10.3 Å². The van der Waals surface area contributed by atoms with Gasteiger partial charge in [0.15, 0.2) is 11.7 Å². The standard InChI is InChI=1S/C19H23N3O3S/c1-2-25-18(24)15-9-6-10-22(11-15)12-17(23)21-19-20-16(13-26-19)14-7-4-3-5-8-14/h3-5,7-8,13,15H,2,6,9-12H2,1H3,(H,20,21,23)/p+1/t15-/m1/s1. The van der Waals surface area contributed by atoms with Crippen LogP contribution in [0, 0.1) is 5.92 Å². The average molecular weight is 374 g/mol. The lowest BCUT2D eigenvalue weighted by Gasteiger charge is -2.28. The number of amides is 1. The van der Waals surface area contributed by atoms with E-state index < -0.39 is 0 Å². The molecule has 2 aromatic rings. The molecule has 0 aliphatic carbocycles. The van der Waals surface area contributed by atoms with Gasteiger partial charge >= 0.3 is 5.97 Å². The van der Waals surface area contributed by atoms with Crippen molar-refractivity contribution in [1.29, 1.82) is 0 Å². The topological polar surface area (TPSA) is 72.7 Å². The fourth-order valence-electron chi connectivity index (χ4n) is 3.24. The summed E-state index contributed by atoms with van der Waals surface area (Å²) in [5, 5.41) is 5.42. The normalized spacial score (nSPS) is 19.7. The lowest BCUT2D eigenvalue weighted by Crippen LogP contribution is -3.14. The number of carbonyl (C=O) groups is 2. The van der Waals surface area contributed by atoms with E-state index in [9.17, 15) is 9.59 Å². The van der Waals surface area contributed by atoms with E-state index >= 15 is 0 Å². The zero-order valence-corrected chi connectivity index (χ0v) is 15.7. The van der Waals surface area contributed by atoms with E-state index in [1.54, 1.807) is 0 Å². The molecule has 1 saturated heterocycles. The van der Waals surface area contributed by atoms with Crippen molar-refractivity contribution in [1.82, 2.24) is 4.98 Å². The molecule has 0 bridgehead atoms. The maximum absolute atomic E-state index is 12.3. The number of benzene rings is 1. The number of quaternary nitrogens is 1. The Bertz CT molecular complexity index is 747. The van der Waals surface area contributed by atoms with Crippen LogP contribution < -0.4 is 10.2 Å². The molecule has 26 heavy (non-hydrogen) atoms. The van der Waals surface area contributed by atoms with Crippen LogP contribution in [-0.2, 0) is 14.3 Å². The number of rotatable bonds is 6. The maximum atomic E-state index is 12.3. The largest absolute Gasteiger partial charge is 0.466 e. The van der Waals surface area contributed by atoms with E-state index in [0.717, 1.165) is 35.5 Å². The van der Waals surface area contributed by atoms with Crippen LogP contribution in [0.15, 0.2) is 35.7 Å². The molecule has 0 radical (unpaired) electrons. The molecule has 2 heterocycles. The first-order valence-corrected chi connectivity index (χ1v) is 9.84. The van der Waals surface area contributed by atoms with Crippen LogP contribution >= 0.6 is 11.3 Å². The number of piperidine rings is 1. The van der Waals surface area contributed by atoms with Gasteiger partial charge in [-0.2, -0.15) is 0 Å². The maximum Gasteiger partial charge on any atom is 0.314 e. The van der Waals surface area contributed by atoms with Crippen molar-refractivity contribution in [3.63, 3.8) is 0 Å². The third-order valence-corrected chi connectivity index (χ3v) is 5.23. The molecule has 2 atom stereocenters. The molecule has 1 fully saturated rings. The van der Waals surface area contributed by atoms with Crippen molar-refractivity contribution in [2.45, 2.75) is 19.8 Å². The lowest BCUT2D eigenvalue weighted by atomic mass is 9.98. The molecule has 0 spiro atoms. The Morgan fingerprint density at radius 1 is 1.35 bits per heavy atom.